The van der Waals surface area contributed by atoms with Gasteiger partial charge in [0.05, 0.1) is 16.8 Å². The first-order valence-corrected chi connectivity index (χ1v) is 12.2. The molecule has 1 N–H and O–H groups in total. The molecule has 2 amide bonds. The van der Waals surface area contributed by atoms with E-state index in [1.165, 1.54) is 16.9 Å². The van der Waals surface area contributed by atoms with Gasteiger partial charge in [-0.15, -0.1) is 0 Å². The third-order valence-corrected chi connectivity index (χ3v) is 6.75. The van der Waals surface area contributed by atoms with E-state index in [2.05, 4.69) is 41.3 Å². The zero-order valence-electron chi connectivity index (χ0n) is 19.2. The van der Waals surface area contributed by atoms with Crippen LogP contribution in [0.1, 0.15) is 35.7 Å². The summed E-state index contributed by atoms with van der Waals surface area (Å²) in [6.07, 6.45) is 1.98. The molecule has 2 aromatic carbocycles. The Morgan fingerprint density at radius 3 is 2.58 bits per heavy atom. The molecule has 1 aromatic heterocycles. The fraction of sp³-hybridized carbons (Fsp3) is 0.400. The number of nitrogens with zero attached hydrogens (tertiary/aromatic N) is 3. The molecule has 33 heavy (non-hydrogen) atoms. The number of anilines is 1. The van der Waals surface area contributed by atoms with E-state index in [-0.39, 0.29) is 11.8 Å². The number of aromatic nitrogens is 1. The summed E-state index contributed by atoms with van der Waals surface area (Å²) < 4.78 is 6.61. The van der Waals surface area contributed by atoms with Crippen molar-refractivity contribution in [3.63, 3.8) is 0 Å². The number of fused-ring (bicyclic) bond motifs is 1. The van der Waals surface area contributed by atoms with Gasteiger partial charge in [-0.2, -0.15) is 0 Å². The second kappa shape index (κ2) is 10.8. The molecule has 0 atom stereocenters. The minimum Gasteiger partial charge on any atom is -0.494 e. The number of hydrogen-bond acceptors (Lipinski definition) is 6. The van der Waals surface area contributed by atoms with Crippen molar-refractivity contribution in [1.82, 2.24) is 14.8 Å². The van der Waals surface area contributed by atoms with Crippen LogP contribution in [-0.2, 0) is 11.2 Å². The highest BCUT2D eigenvalue weighted by Gasteiger charge is 2.21. The lowest BCUT2D eigenvalue weighted by Crippen LogP contribution is -2.47. The van der Waals surface area contributed by atoms with Crippen molar-refractivity contribution in [3.8, 4) is 5.75 Å². The van der Waals surface area contributed by atoms with Crippen molar-refractivity contribution in [2.24, 2.45) is 0 Å². The largest absolute Gasteiger partial charge is 0.494 e. The quantitative estimate of drug-likeness (QED) is 0.507. The highest BCUT2D eigenvalue weighted by molar-refractivity contribution is 7.22. The van der Waals surface area contributed by atoms with E-state index in [1.807, 2.05) is 35.2 Å². The number of carbonyl (C=O) groups excluding carboxylic acids is 2. The lowest BCUT2D eigenvalue weighted by molar-refractivity contribution is -0.116. The first kappa shape index (κ1) is 23.2. The van der Waals surface area contributed by atoms with Gasteiger partial charge in [-0.25, -0.2) is 4.98 Å². The number of hydrogen-bond donors (Lipinski definition) is 1. The topological polar surface area (TPSA) is 74.8 Å². The third kappa shape index (κ3) is 6.09. The zero-order valence-corrected chi connectivity index (χ0v) is 20.0. The van der Waals surface area contributed by atoms with Crippen LogP contribution in [0.15, 0.2) is 42.5 Å². The van der Waals surface area contributed by atoms with Crippen molar-refractivity contribution >= 4 is 38.5 Å². The van der Waals surface area contributed by atoms with Gasteiger partial charge in [0.15, 0.2) is 5.13 Å². The van der Waals surface area contributed by atoms with Crippen LogP contribution < -0.4 is 10.1 Å². The van der Waals surface area contributed by atoms with Crippen LogP contribution in [0.4, 0.5) is 5.13 Å². The van der Waals surface area contributed by atoms with E-state index in [0.29, 0.717) is 30.1 Å². The van der Waals surface area contributed by atoms with Crippen molar-refractivity contribution < 1.29 is 14.3 Å². The smallest absolute Gasteiger partial charge is 0.253 e. The van der Waals surface area contributed by atoms with E-state index in [4.69, 9.17) is 4.74 Å². The Balaban J connectivity index is 1.27. The van der Waals surface area contributed by atoms with Gasteiger partial charge in [0, 0.05) is 38.2 Å². The van der Waals surface area contributed by atoms with Gasteiger partial charge in [0.2, 0.25) is 5.91 Å². The third-order valence-electron chi connectivity index (χ3n) is 5.82. The van der Waals surface area contributed by atoms with Crippen LogP contribution in [0.25, 0.3) is 10.2 Å². The van der Waals surface area contributed by atoms with Gasteiger partial charge >= 0.3 is 0 Å². The molecular weight excluding hydrogens is 436 g/mol. The summed E-state index contributed by atoms with van der Waals surface area (Å²) in [5.41, 5.74) is 2.72. The average Bonchev–Trinajstić information content (AvgIpc) is 3.23. The fourth-order valence-electron chi connectivity index (χ4n) is 3.73. The Labute approximate surface area is 198 Å². The SMILES string of the molecule is CCc1ccc(OCCCC(=O)Nc2nc3ccc(C(=O)N4CCN(C)CC4)cc3s2)cc1. The molecule has 0 aliphatic carbocycles. The number of benzene rings is 2. The molecule has 1 saturated heterocycles. The molecule has 0 spiro atoms. The fourth-order valence-corrected chi connectivity index (χ4v) is 4.65. The Hall–Kier alpha value is -2.97. The van der Waals surface area contributed by atoms with Crippen molar-refractivity contribution in [2.75, 3.05) is 45.2 Å². The molecule has 0 radical (unpaired) electrons. The molecule has 0 bridgehead atoms. The van der Waals surface area contributed by atoms with Crippen LogP contribution in [-0.4, -0.2) is 66.4 Å². The lowest BCUT2D eigenvalue weighted by Gasteiger charge is -2.32. The van der Waals surface area contributed by atoms with E-state index in [0.717, 1.165) is 48.6 Å². The number of aryl methyl sites for hydroxylation is 1. The Morgan fingerprint density at radius 2 is 1.85 bits per heavy atom. The number of rotatable bonds is 8. The molecule has 1 aliphatic heterocycles. The molecule has 4 rings (SSSR count). The molecule has 1 fully saturated rings. The maximum atomic E-state index is 12.8. The van der Waals surface area contributed by atoms with Gasteiger partial charge in [-0.3, -0.25) is 9.59 Å². The molecule has 1 aliphatic rings. The molecular formula is C25H30N4O3S. The molecule has 0 unspecified atom stereocenters. The first-order chi connectivity index (χ1) is 16.0. The Bertz CT molecular complexity index is 1100. The van der Waals surface area contributed by atoms with E-state index >= 15 is 0 Å². The second-order valence-electron chi connectivity index (χ2n) is 8.29. The van der Waals surface area contributed by atoms with Gasteiger partial charge in [-0.05, 0) is 55.8 Å². The Morgan fingerprint density at radius 1 is 1.09 bits per heavy atom. The number of nitrogens with one attached hydrogen (secondary N) is 1. The maximum absolute atomic E-state index is 12.8. The predicted octanol–water partition coefficient (Wildman–Crippen LogP) is 4.04. The van der Waals surface area contributed by atoms with Crippen molar-refractivity contribution in [2.45, 2.75) is 26.2 Å². The molecule has 174 valence electrons. The molecule has 3 aromatic rings. The number of ether oxygens (including phenoxy) is 1. The van der Waals surface area contributed by atoms with E-state index in [9.17, 15) is 9.59 Å². The van der Waals surface area contributed by atoms with Gasteiger partial charge in [0.25, 0.3) is 5.91 Å². The summed E-state index contributed by atoms with van der Waals surface area (Å²) in [7, 11) is 2.07. The lowest BCUT2D eigenvalue weighted by atomic mass is 10.1. The zero-order chi connectivity index (χ0) is 23.2. The standard InChI is InChI=1S/C25H30N4O3S/c1-3-18-6-9-20(10-7-18)32-16-4-5-23(30)27-25-26-21-11-8-19(17-22(21)33-25)24(31)29-14-12-28(2)13-15-29/h6-11,17H,3-5,12-16H2,1-2H3,(H,26,27,30). The summed E-state index contributed by atoms with van der Waals surface area (Å²) in [6.45, 7) is 5.86. The highest BCUT2D eigenvalue weighted by Crippen LogP contribution is 2.27. The molecule has 2 heterocycles. The molecule has 0 saturated carbocycles. The maximum Gasteiger partial charge on any atom is 0.253 e. The molecule has 7 nitrogen and oxygen atoms in total. The summed E-state index contributed by atoms with van der Waals surface area (Å²) in [5.74, 6) is 0.779. The summed E-state index contributed by atoms with van der Waals surface area (Å²) >= 11 is 1.39. The van der Waals surface area contributed by atoms with Crippen LogP contribution in [0, 0.1) is 0 Å². The van der Waals surface area contributed by atoms with E-state index in [1.54, 1.807) is 0 Å². The number of carbonyl (C=O) groups is 2. The normalized spacial score (nSPS) is 14.4. The van der Waals surface area contributed by atoms with Crippen molar-refractivity contribution in [1.29, 1.82) is 0 Å². The van der Waals surface area contributed by atoms with Crippen LogP contribution in [0.5, 0.6) is 5.75 Å². The van der Waals surface area contributed by atoms with Gasteiger partial charge in [-0.1, -0.05) is 30.4 Å². The molecule has 8 heteroatoms. The van der Waals surface area contributed by atoms with E-state index < -0.39 is 0 Å². The number of likely N-dealkylation sites (N-methyl/N-ethyl adjacent to an activating group) is 1. The van der Waals surface area contributed by atoms with Gasteiger partial charge in [0.1, 0.15) is 5.75 Å². The minimum absolute atomic E-state index is 0.0494. The highest BCUT2D eigenvalue weighted by atomic mass is 32.1. The van der Waals surface area contributed by atoms with Crippen LogP contribution in [0.3, 0.4) is 0 Å². The Kier molecular flexibility index (Phi) is 7.57. The summed E-state index contributed by atoms with van der Waals surface area (Å²) in [6, 6.07) is 13.6. The van der Waals surface area contributed by atoms with Crippen LogP contribution >= 0.6 is 11.3 Å². The summed E-state index contributed by atoms with van der Waals surface area (Å²) in [4.78, 5) is 33.8. The average molecular weight is 467 g/mol. The predicted molar refractivity (Wildman–Crippen MR) is 132 cm³/mol. The summed E-state index contributed by atoms with van der Waals surface area (Å²) in [5, 5.41) is 3.43. The second-order valence-corrected chi connectivity index (χ2v) is 9.33. The number of amides is 2. The monoisotopic (exact) mass is 466 g/mol. The minimum atomic E-state index is -0.0901. The number of thiazole rings is 1. The first-order valence-electron chi connectivity index (χ1n) is 11.4. The van der Waals surface area contributed by atoms with Crippen molar-refractivity contribution in [3.05, 3.63) is 53.6 Å². The number of piperazine rings is 1. The van der Waals surface area contributed by atoms with Crippen LogP contribution in [0.2, 0.25) is 0 Å². The van der Waals surface area contributed by atoms with Gasteiger partial charge < -0.3 is 19.9 Å².